The summed E-state index contributed by atoms with van der Waals surface area (Å²) in [6.07, 6.45) is 7.57. The van der Waals surface area contributed by atoms with Crippen molar-refractivity contribution in [2.45, 2.75) is 57.0 Å². The van der Waals surface area contributed by atoms with Crippen LogP contribution >= 0.6 is 0 Å². The van der Waals surface area contributed by atoms with Gasteiger partial charge < -0.3 is 10.2 Å². The predicted molar refractivity (Wildman–Crippen MR) is 85.1 cm³/mol. The highest BCUT2D eigenvalue weighted by atomic mass is 19.1. The molecule has 0 unspecified atom stereocenters. The highest BCUT2D eigenvalue weighted by molar-refractivity contribution is 5.78. The number of carbonyl (C=O) groups is 1. The molecule has 1 N–H and O–H groups in total. The summed E-state index contributed by atoms with van der Waals surface area (Å²) in [7, 11) is 0. The van der Waals surface area contributed by atoms with E-state index in [0.29, 0.717) is 5.56 Å². The summed E-state index contributed by atoms with van der Waals surface area (Å²) in [6, 6.07) is 7.52. The molecule has 2 fully saturated rings. The van der Waals surface area contributed by atoms with Gasteiger partial charge in [-0.15, -0.1) is 0 Å². The van der Waals surface area contributed by atoms with Gasteiger partial charge in [0.05, 0.1) is 6.42 Å². The van der Waals surface area contributed by atoms with Crippen LogP contribution in [0.2, 0.25) is 0 Å². The normalized spacial score (nSPS) is 21.1. The molecule has 1 saturated heterocycles. The van der Waals surface area contributed by atoms with Crippen molar-refractivity contribution in [1.82, 2.24) is 10.2 Å². The Morgan fingerprint density at radius 1 is 1.14 bits per heavy atom. The Hall–Kier alpha value is -1.42. The highest BCUT2D eigenvalue weighted by Gasteiger charge is 2.27. The van der Waals surface area contributed by atoms with Crippen molar-refractivity contribution in [1.29, 1.82) is 0 Å². The van der Waals surface area contributed by atoms with Crippen LogP contribution in [0.5, 0.6) is 0 Å². The van der Waals surface area contributed by atoms with Crippen molar-refractivity contribution in [3.8, 4) is 0 Å². The van der Waals surface area contributed by atoms with Crippen molar-refractivity contribution in [2.24, 2.45) is 0 Å². The Bertz CT molecular complexity index is 506. The molecular formula is C18H25FN2O. The zero-order valence-corrected chi connectivity index (χ0v) is 13.1. The molecule has 22 heavy (non-hydrogen) atoms. The summed E-state index contributed by atoms with van der Waals surface area (Å²) >= 11 is 0. The SMILES string of the molecule is O=C(Cc1ccccc1F)NC1CCN(C2CCCC2)CC1. The third-order valence-electron chi connectivity index (χ3n) is 5.04. The van der Waals surface area contributed by atoms with Crippen LogP contribution in [0.3, 0.4) is 0 Å². The van der Waals surface area contributed by atoms with E-state index in [2.05, 4.69) is 10.2 Å². The molecule has 1 aromatic carbocycles. The molecule has 120 valence electrons. The maximum Gasteiger partial charge on any atom is 0.224 e. The smallest absolute Gasteiger partial charge is 0.224 e. The molecule has 0 radical (unpaired) electrons. The first kappa shape index (κ1) is 15.5. The third kappa shape index (κ3) is 3.86. The number of amides is 1. The lowest BCUT2D eigenvalue weighted by molar-refractivity contribution is -0.121. The Kier molecular flexibility index (Phi) is 5.08. The van der Waals surface area contributed by atoms with E-state index < -0.39 is 0 Å². The van der Waals surface area contributed by atoms with E-state index in [1.807, 2.05) is 0 Å². The number of nitrogens with zero attached hydrogens (tertiary/aromatic N) is 1. The lowest BCUT2D eigenvalue weighted by atomic mass is 10.0. The third-order valence-corrected chi connectivity index (χ3v) is 5.04. The second-order valence-electron chi connectivity index (χ2n) is 6.58. The van der Waals surface area contributed by atoms with Crippen LogP contribution in [0, 0.1) is 5.82 Å². The van der Waals surface area contributed by atoms with E-state index in [0.717, 1.165) is 32.0 Å². The lowest BCUT2D eigenvalue weighted by Gasteiger charge is -2.36. The van der Waals surface area contributed by atoms with Gasteiger partial charge in [0, 0.05) is 25.2 Å². The summed E-state index contributed by atoms with van der Waals surface area (Å²) < 4.78 is 13.6. The monoisotopic (exact) mass is 304 g/mol. The molecule has 1 aliphatic carbocycles. The zero-order chi connectivity index (χ0) is 15.4. The van der Waals surface area contributed by atoms with Crippen molar-refractivity contribution >= 4 is 5.91 Å². The number of hydrogen-bond acceptors (Lipinski definition) is 2. The van der Waals surface area contributed by atoms with Gasteiger partial charge in [-0.05, 0) is 37.3 Å². The van der Waals surface area contributed by atoms with Crippen LogP contribution in [0.15, 0.2) is 24.3 Å². The van der Waals surface area contributed by atoms with Crippen LogP contribution in [-0.4, -0.2) is 36.0 Å². The van der Waals surface area contributed by atoms with Crippen molar-refractivity contribution in [3.05, 3.63) is 35.6 Å². The molecule has 1 heterocycles. The molecule has 1 amide bonds. The second-order valence-corrected chi connectivity index (χ2v) is 6.58. The number of rotatable bonds is 4. The number of piperidine rings is 1. The average molecular weight is 304 g/mol. The van der Waals surface area contributed by atoms with Crippen molar-refractivity contribution in [2.75, 3.05) is 13.1 Å². The number of nitrogens with one attached hydrogen (secondary N) is 1. The van der Waals surface area contributed by atoms with Crippen LogP contribution in [0.4, 0.5) is 4.39 Å². The van der Waals surface area contributed by atoms with Gasteiger partial charge in [0.1, 0.15) is 5.82 Å². The van der Waals surface area contributed by atoms with Gasteiger partial charge in [0.15, 0.2) is 0 Å². The molecule has 1 aromatic rings. The summed E-state index contributed by atoms with van der Waals surface area (Å²) in [5.41, 5.74) is 0.475. The molecule has 1 aliphatic heterocycles. The van der Waals surface area contributed by atoms with Gasteiger partial charge in [-0.3, -0.25) is 4.79 Å². The highest BCUT2D eigenvalue weighted by Crippen LogP contribution is 2.26. The quantitative estimate of drug-likeness (QED) is 0.927. The van der Waals surface area contributed by atoms with Crippen molar-refractivity contribution < 1.29 is 9.18 Å². The number of likely N-dealkylation sites (tertiary alicyclic amines) is 1. The fourth-order valence-electron chi connectivity index (χ4n) is 3.77. The second kappa shape index (κ2) is 7.23. The Labute approximate surface area is 131 Å². The predicted octanol–water partition coefficient (Wildman–Crippen LogP) is 2.89. The Morgan fingerprint density at radius 3 is 2.50 bits per heavy atom. The maximum atomic E-state index is 13.6. The molecule has 0 bridgehead atoms. The fourth-order valence-corrected chi connectivity index (χ4v) is 3.77. The van der Waals surface area contributed by atoms with E-state index in [1.54, 1.807) is 18.2 Å². The molecule has 2 aliphatic rings. The lowest BCUT2D eigenvalue weighted by Crippen LogP contribution is -2.47. The van der Waals surface area contributed by atoms with Crippen LogP contribution in [0.25, 0.3) is 0 Å². The number of carbonyl (C=O) groups excluding carboxylic acids is 1. The first-order valence-corrected chi connectivity index (χ1v) is 8.49. The molecule has 0 spiro atoms. The van der Waals surface area contributed by atoms with Crippen LogP contribution in [0.1, 0.15) is 44.1 Å². The molecule has 3 nitrogen and oxygen atoms in total. The van der Waals surface area contributed by atoms with E-state index in [4.69, 9.17) is 0 Å². The minimum Gasteiger partial charge on any atom is -0.353 e. The van der Waals surface area contributed by atoms with E-state index >= 15 is 0 Å². The van der Waals surface area contributed by atoms with Crippen molar-refractivity contribution in [3.63, 3.8) is 0 Å². The summed E-state index contributed by atoms with van der Waals surface area (Å²) in [6.45, 7) is 2.16. The average Bonchev–Trinajstić information content (AvgIpc) is 3.05. The summed E-state index contributed by atoms with van der Waals surface area (Å²) in [5, 5.41) is 3.07. The zero-order valence-electron chi connectivity index (χ0n) is 13.1. The molecule has 3 rings (SSSR count). The summed E-state index contributed by atoms with van der Waals surface area (Å²) in [5.74, 6) is -0.363. The molecule has 0 atom stereocenters. The Balaban J connectivity index is 1.44. The number of hydrogen-bond donors (Lipinski definition) is 1. The van der Waals surface area contributed by atoms with Gasteiger partial charge in [-0.25, -0.2) is 4.39 Å². The van der Waals surface area contributed by atoms with Gasteiger partial charge in [-0.1, -0.05) is 31.0 Å². The molecule has 4 heteroatoms. The van der Waals surface area contributed by atoms with Gasteiger partial charge >= 0.3 is 0 Å². The number of halogens is 1. The van der Waals surface area contributed by atoms with Gasteiger partial charge in [0.25, 0.3) is 0 Å². The van der Waals surface area contributed by atoms with Gasteiger partial charge in [-0.2, -0.15) is 0 Å². The fraction of sp³-hybridized carbons (Fsp3) is 0.611. The minimum atomic E-state index is -0.297. The van der Waals surface area contributed by atoms with Crippen LogP contribution < -0.4 is 5.32 Å². The first-order valence-electron chi connectivity index (χ1n) is 8.49. The Morgan fingerprint density at radius 2 is 1.82 bits per heavy atom. The molecule has 1 saturated carbocycles. The first-order chi connectivity index (χ1) is 10.7. The topological polar surface area (TPSA) is 32.3 Å². The van der Waals surface area contributed by atoms with E-state index in [1.165, 1.54) is 31.7 Å². The standard InChI is InChI=1S/C18H25FN2O/c19-17-8-4-1-5-14(17)13-18(22)20-15-9-11-21(12-10-15)16-6-2-3-7-16/h1,4-5,8,15-16H,2-3,6-7,9-13H2,(H,20,22). The summed E-state index contributed by atoms with van der Waals surface area (Å²) in [4.78, 5) is 14.7. The van der Waals surface area contributed by atoms with E-state index in [-0.39, 0.29) is 24.2 Å². The van der Waals surface area contributed by atoms with Crippen LogP contribution in [-0.2, 0) is 11.2 Å². The number of benzene rings is 1. The minimum absolute atomic E-state index is 0.0654. The molecule has 0 aromatic heterocycles. The maximum absolute atomic E-state index is 13.6. The van der Waals surface area contributed by atoms with Gasteiger partial charge in [0.2, 0.25) is 5.91 Å². The largest absolute Gasteiger partial charge is 0.353 e. The molecular weight excluding hydrogens is 279 g/mol. The van der Waals surface area contributed by atoms with E-state index in [9.17, 15) is 9.18 Å².